The Morgan fingerprint density at radius 2 is 0.486 bits per heavy atom. The topological polar surface area (TPSA) is 0 Å². The van der Waals surface area contributed by atoms with Crippen molar-refractivity contribution in [2.75, 3.05) is 0 Å². The molecule has 11 aliphatic rings. The molecule has 0 saturated heterocycles. The maximum absolute atomic E-state index is 1.64. The Hall–Kier alpha value is 0. The normalized spacial score (nSPS) is 52.8. The summed E-state index contributed by atoms with van der Waals surface area (Å²) in [5, 5.41) is 0. The van der Waals surface area contributed by atoms with Crippen molar-refractivity contribution in [3.05, 3.63) is 0 Å². The monoisotopic (exact) mass is 478 g/mol. The summed E-state index contributed by atoms with van der Waals surface area (Å²) in [5.74, 6) is 14.3. The Bertz CT molecular complexity index is 558. The third-order valence-electron chi connectivity index (χ3n) is 13.8. The number of fused-ring (bicyclic) bond motifs is 11. The van der Waals surface area contributed by atoms with Gasteiger partial charge in [-0.15, -0.1) is 0 Å². The van der Waals surface area contributed by atoms with Crippen molar-refractivity contribution in [3.63, 3.8) is 0 Å². The minimum absolute atomic E-state index is 1.17. The van der Waals surface area contributed by atoms with Crippen molar-refractivity contribution in [1.29, 1.82) is 0 Å². The van der Waals surface area contributed by atoms with E-state index in [1.165, 1.54) is 110 Å². The molecule has 0 nitrogen and oxygen atoms in total. The van der Waals surface area contributed by atoms with Crippen LogP contribution in [-0.2, 0) is 0 Å². The molecule has 4 unspecified atom stereocenters. The lowest BCUT2D eigenvalue weighted by Gasteiger charge is -2.49. The van der Waals surface area contributed by atoms with Crippen LogP contribution in [0.4, 0.5) is 0 Å². The van der Waals surface area contributed by atoms with Gasteiger partial charge in [-0.2, -0.15) is 0 Å². The first kappa shape index (κ1) is 24.1. The summed E-state index contributed by atoms with van der Waals surface area (Å²) in [6.07, 6.45) is 36.2. The molecule has 0 spiro atoms. The van der Waals surface area contributed by atoms with Crippen LogP contribution >= 0.6 is 0 Å². The van der Waals surface area contributed by atoms with Gasteiger partial charge in [0.1, 0.15) is 0 Å². The molecular formula is C35H58. The van der Waals surface area contributed by atoms with Crippen LogP contribution in [0.2, 0.25) is 0 Å². The Morgan fingerprint density at radius 3 is 0.714 bits per heavy atom. The van der Waals surface area contributed by atoms with E-state index in [4.69, 9.17) is 0 Å². The van der Waals surface area contributed by atoms with E-state index in [-0.39, 0.29) is 0 Å². The molecule has 11 fully saturated rings. The quantitative estimate of drug-likeness (QED) is 0.304. The Balaban J connectivity index is 0.0000000833. The summed E-state index contributed by atoms with van der Waals surface area (Å²) in [7, 11) is 0. The van der Waals surface area contributed by atoms with Crippen LogP contribution in [0.3, 0.4) is 0 Å². The highest BCUT2D eigenvalue weighted by molar-refractivity contribution is 5.08. The molecule has 35 heavy (non-hydrogen) atoms. The molecule has 11 aliphatic carbocycles. The van der Waals surface area contributed by atoms with E-state index in [0.29, 0.717) is 0 Å². The van der Waals surface area contributed by atoms with E-state index in [9.17, 15) is 0 Å². The van der Waals surface area contributed by atoms with Crippen LogP contribution in [0.1, 0.15) is 148 Å². The van der Waals surface area contributed by atoms with Gasteiger partial charge in [0.2, 0.25) is 0 Å². The van der Waals surface area contributed by atoms with Gasteiger partial charge in [-0.1, -0.05) is 64.2 Å². The average Bonchev–Trinajstić information content (AvgIpc) is 3.73. The van der Waals surface area contributed by atoms with Crippen LogP contribution in [0, 0.1) is 71.0 Å². The largest absolute Gasteiger partial charge is 0.0533 e. The molecule has 0 amide bonds. The predicted octanol–water partition coefficient (Wildman–Crippen LogP) is 10.4. The van der Waals surface area contributed by atoms with Crippen molar-refractivity contribution in [1.82, 2.24) is 0 Å². The molecule has 11 rings (SSSR count). The maximum atomic E-state index is 1.64. The van der Waals surface area contributed by atoms with Gasteiger partial charge in [0, 0.05) is 0 Å². The molecule has 0 aromatic heterocycles. The fraction of sp³-hybridized carbons (Fsp3) is 1.00. The Labute approximate surface area is 218 Å². The molecule has 0 heteroatoms. The number of hydrogen-bond donors (Lipinski definition) is 0. The van der Waals surface area contributed by atoms with Crippen LogP contribution in [0.5, 0.6) is 0 Å². The summed E-state index contributed by atoms with van der Waals surface area (Å²) in [4.78, 5) is 0. The van der Waals surface area contributed by atoms with E-state index in [1.807, 2.05) is 0 Å². The fourth-order valence-corrected chi connectivity index (χ4v) is 12.7. The lowest BCUT2D eigenvalue weighted by molar-refractivity contribution is 0.0198. The molecule has 0 N–H and O–H groups in total. The van der Waals surface area contributed by atoms with Gasteiger partial charge >= 0.3 is 0 Å². The summed E-state index contributed by atoms with van der Waals surface area (Å²) < 4.78 is 0. The first-order valence-corrected chi connectivity index (χ1v) is 17.3. The summed E-state index contributed by atoms with van der Waals surface area (Å²) in [6, 6.07) is 0. The first-order valence-electron chi connectivity index (χ1n) is 17.3. The zero-order valence-corrected chi connectivity index (χ0v) is 23.2. The van der Waals surface area contributed by atoms with Crippen LogP contribution in [-0.4, -0.2) is 0 Å². The second-order valence-electron chi connectivity index (χ2n) is 15.9. The molecule has 0 heterocycles. The van der Waals surface area contributed by atoms with Gasteiger partial charge in [0.05, 0.1) is 0 Å². The van der Waals surface area contributed by atoms with Crippen molar-refractivity contribution in [2.24, 2.45) is 71.0 Å². The van der Waals surface area contributed by atoms with Gasteiger partial charge in [0.15, 0.2) is 0 Å². The van der Waals surface area contributed by atoms with Crippen LogP contribution < -0.4 is 0 Å². The summed E-state index contributed by atoms with van der Waals surface area (Å²) in [6.45, 7) is 0. The maximum Gasteiger partial charge on any atom is -0.0323 e. The van der Waals surface area contributed by atoms with Crippen LogP contribution in [0.25, 0.3) is 0 Å². The van der Waals surface area contributed by atoms with E-state index in [2.05, 4.69) is 0 Å². The van der Waals surface area contributed by atoms with E-state index in [1.54, 1.807) is 109 Å². The van der Waals surface area contributed by atoms with Gasteiger partial charge in [-0.05, 0) is 154 Å². The third-order valence-corrected chi connectivity index (χ3v) is 13.8. The third kappa shape index (κ3) is 5.18. The average molecular weight is 479 g/mol. The summed E-state index contributed by atoms with van der Waals surface area (Å²) in [5.41, 5.74) is 0. The van der Waals surface area contributed by atoms with Crippen molar-refractivity contribution in [2.45, 2.75) is 148 Å². The second-order valence-corrected chi connectivity index (χ2v) is 15.9. The highest BCUT2D eigenvalue weighted by Crippen LogP contribution is 2.67. The zero-order chi connectivity index (χ0) is 23.2. The Morgan fingerprint density at radius 1 is 0.229 bits per heavy atom. The Kier molecular flexibility index (Phi) is 7.31. The number of rotatable bonds is 0. The van der Waals surface area contributed by atoms with Gasteiger partial charge < -0.3 is 0 Å². The standard InChI is InChI=1S/C12H18.C10H16.C7H12.C6H12/c1-2-8-5-7(1)11-9-3-4-10(6-9)12(8)11;1-7-2-9-4-8(1)5-10(3-7)6-9;1-2-7-4-3-6(1)5-7;1-2-4-6-5-3-1/h7-12H,1-6H2;7-10H,1-6H2;6-7H,1-5H2;1-6H2. The molecule has 198 valence electrons. The molecule has 0 aliphatic heterocycles. The van der Waals surface area contributed by atoms with E-state index in [0.717, 1.165) is 0 Å². The van der Waals surface area contributed by atoms with Crippen LogP contribution in [0.15, 0.2) is 0 Å². The molecule has 11 saturated carbocycles. The van der Waals surface area contributed by atoms with Gasteiger partial charge in [0.25, 0.3) is 0 Å². The molecular weight excluding hydrogens is 420 g/mol. The lowest BCUT2D eigenvalue weighted by atomic mass is 9.56. The van der Waals surface area contributed by atoms with Crippen molar-refractivity contribution >= 4 is 0 Å². The minimum atomic E-state index is 1.17. The van der Waals surface area contributed by atoms with Gasteiger partial charge in [-0.3, -0.25) is 0 Å². The second kappa shape index (κ2) is 10.6. The van der Waals surface area contributed by atoms with E-state index < -0.39 is 0 Å². The van der Waals surface area contributed by atoms with Crippen molar-refractivity contribution in [3.8, 4) is 0 Å². The highest BCUT2D eigenvalue weighted by Gasteiger charge is 2.59. The molecule has 10 bridgehead atoms. The highest BCUT2D eigenvalue weighted by atomic mass is 14.6. The van der Waals surface area contributed by atoms with E-state index >= 15 is 0 Å². The minimum Gasteiger partial charge on any atom is -0.0533 e. The predicted molar refractivity (Wildman–Crippen MR) is 148 cm³/mol. The number of hydrogen-bond acceptors (Lipinski definition) is 0. The smallest absolute Gasteiger partial charge is 0.0323 e. The molecule has 0 aromatic carbocycles. The first-order chi connectivity index (χ1) is 17.3. The molecule has 0 aromatic rings. The molecule has 4 atom stereocenters. The summed E-state index contributed by atoms with van der Waals surface area (Å²) >= 11 is 0. The lowest BCUT2D eigenvalue weighted by Crippen LogP contribution is -2.38. The van der Waals surface area contributed by atoms with Crippen molar-refractivity contribution < 1.29 is 0 Å². The fourth-order valence-electron chi connectivity index (χ4n) is 12.7. The van der Waals surface area contributed by atoms with Gasteiger partial charge in [-0.25, -0.2) is 0 Å². The zero-order valence-electron chi connectivity index (χ0n) is 23.2. The SMILES string of the molecule is C1C2CC3CC1CC(C2)C3.C1CC2CC1C1C3CCC(C3)C21.C1CC2CCC1C2.C1CCCCC1. The molecule has 0 radical (unpaired) electrons.